The molecule has 0 fully saturated rings. The Kier molecular flexibility index (Phi) is 6.18. The second-order valence-electron chi connectivity index (χ2n) is 5.34. The van der Waals surface area contributed by atoms with E-state index in [-0.39, 0.29) is 18.2 Å². The zero-order chi connectivity index (χ0) is 16.7. The fourth-order valence-corrected chi connectivity index (χ4v) is 2.11. The Morgan fingerprint density at radius 3 is 1.74 bits per heavy atom. The first-order valence-corrected chi connectivity index (χ1v) is 7.74. The van der Waals surface area contributed by atoms with E-state index in [1.54, 1.807) is 12.1 Å². The van der Waals surface area contributed by atoms with Crippen LogP contribution < -0.4 is 10.6 Å². The monoisotopic (exact) mass is 330 g/mol. The molecule has 0 aromatic heterocycles. The van der Waals surface area contributed by atoms with Crippen LogP contribution in [0, 0.1) is 6.92 Å². The lowest BCUT2D eigenvalue weighted by atomic mass is 10.1. The lowest BCUT2D eigenvalue weighted by molar-refractivity contribution is -0.129. The fraction of sp³-hybridized carbons (Fsp3) is 0.222. The SMILES string of the molecule is Cc1ccc(CNC(=O)CC(=O)NCc2ccc(Cl)cc2)cc1. The summed E-state index contributed by atoms with van der Waals surface area (Å²) in [5.74, 6) is -0.597. The summed E-state index contributed by atoms with van der Waals surface area (Å²) in [6.45, 7) is 2.80. The smallest absolute Gasteiger partial charge is 0.229 e. The fourth-order valence-electron chi connectivity index (χ4n) is 1.98. The third kappa shape index (κ3) is 6.12. The minimum Gasteiger partial charge on any atom is -0.352 e. The van der Waals surface area contributed by atoms with Crippen LogP contribution in [0.5, 0.6) is 0 Å². The maximum absolute atomic E-state index is 11.8. The summed E-state index contributed by atoms with van der Waals surface area (Å²) in [5, 5.41) is 6.10. The quantitative estimate of drug-likeness (QED) is 0.800. The normalized spacial score (nSPS) is 10.2. The topological polar surface area (TPSA) is 58.2 Å². The number of nitrogens with one attached hydrogen (secondary N) is 2. The Balaban J connectivity index is 1.70. The van der Waals surface area contributed by atoms with E-state index in [4.69, 9.17) is 11.6 Å². The number of hydrogen-bond donors (Lipinski definition) is 2. The summed E-state index contributed by atoms with van der Waals surface area (Å²) in [5.41, 5.74) is 3.11. The minimum atomic E-state index is -0.304. The van der Waals surface area contributed by atoms with Crippen LogP contribution in [0.2, 0.25) is 5.02 Å². The van der Waals surface area contributed by atoms with Gasteiger partial charge in [-0.2, -0.15) is 0 Å². The molecule has 0 atom stereocenters. The van der Waals surface area contributed by atoms with E-state index in [0.29, 0.717) is 18.1 Å². The van der Waals surface area contributed by atoms with Crippen molar-refractivity contribution in [3.8, 4) is 0 Å². The molecule has 2 aromatic rings. The van der Waals surface area contributed by atoms with Crippen molar-refractivity contribution < 1.29 is 9.59 Å². The first kappa shape index (κ1) is 17.0. The third-order valence-electron chi connectivity index (χ3n) is 3.33. The summed E-state index contributed by atoms with van der Waals surface area (Å²) < 4.78 is 0. The molecule has 0 spiro atoms. The Hall–Kier alpha value is -2.33. The van der Waals surface area contributed by atoms with Gasteiger partial charge in [-0.3, -0.25) is 9.59 Å². The van der Waals surface area contributed by atoms with E-state index >= 15 is 0 Å². The van der Waals surface area contributed by atoms with Crippen LogP contribution in [0.25, 0.3) is 0 Å². The number of amides is 2. The van der Waals surface area contributed by atoms with Gasteiger partial charge in [0.25, 0.3) is 0 Å². The van der Waals surface area contributed by atoms with Gasteiger partial charge in [0.05, 0.1) is 0 Å². The number of halogens is 1. The van der Waals surface area contributed by atoms with Crippen molar-refractivity contribution in [3.05, 3.63) is 70.2 Å². The molecule has 0 saturated heterocycles. The van der Waals surface area contributed by atoms with Crippen molar-refractivity contribution in [3.63, 3.8) is 0 Å². The minimum absolute atomic E-state index is 0.181. The molecule has 2 N–H and O–H groups in total. The van der Waals surface area contributed by atoms with Gasteiger partial charge in [0.15, 0.2) is 0 Å². The van der Waals surface area contributed by atoms with Crippen LogP contribution in [0.15, 0.2) is 48.5 Å². The standard InChI is InChI=1S/C18H19ClN2O2/c1-13-2-4-14(5-3-13)11-20-17(22)10-18(23)21-12-15-6-8-16(19)9-7-15/h2-9H,10-12H2,1H3,(H,20,22)(H,21,23). The molecule has 0 heterocycles. The molecule has 5 heteroatoms. The van der Waals surface area contributed by atoms with Crippen LogP contribution in [0.1, 0.15) is 23.1 Å². The molecule has 4 nitrogen and oxygen atoms in total. The number of carbonyl (C=O) groups excluding carboxylic acids is 2. The number of carbonyl (C=O) groups is 2. The highest BCUT2D eigenvalue weighted by molar-refractivity contribution is 6.30. The lowest BCUT2D eigenvalue weighted by Crippen LogP contribution is -2.31. The van der Waals surface area contributed by atoms with E-state index < -0.39 is 0 Å². The van der Waals surface area contributed by atoms with Gasteiger partial charge in [0.2, 0.25) is 11.8 Å². The summed E-state index contributed by atoms with van der Waals surface area (Å²) in [7, 11) is 0. The lowest BCUT2D eigenvalue weighted by Gasteiger charge is -2.07. The van der Waals surface area contributed by atoms with Gasteiger partial charge >= 0.3 is 0 Å². The van der Waals surface area contributed by atoms with Crippen LogP contribution >= 0.6 is 11.6 Å². The first-order valence-electron chi connectivity index (χ1n) is 7.36. The van der Waals surface area contributed by atoms with Gasteiger partial charge in [-0.05, 0) is 30.2 Å². The first-order chi connectivity index (χ1) is 11.0. The Morgan fingerprint density at radius 1 is 0.826 bits per heavy atom. The predicted octanol–water partition coefficient (Wildman–Crippen LogP) is 2.97. The number of aryl methyl sites for hydroxylation is 1. The zero-order valence-electron chi connectivity index (χ0n) is 12.9. The molecule has 23 heavy (non-hydrogen) atoms. The average Bonchev–Trinajstić information content (AvgIpc) is 2.54. The summed E-state index contributed by atoms with van der Waals surface area (Å²) in [6.07, 6.45) is -0.181. The van der Waals surface area contributed by atoms with Crippen molar-refractivity contribution in [2.45, 2.75) is 26.4 Å². The highest BCUT2D eigenvalue weighted by Gasteiger charge is 2.08. The molecule has 0 bridgehead atoms. The van der Waals surface area contributed by atoms with Crippen LogP contribution in [-0.2, 0) is 22.7 Å². The van der Waals surface area contributed by atoms with Crippen LogP contribution in [0.4, 0.5) is 0 Å². The van der Waals surface area contributed by atoms with Crippen LogP contribution in [-0.4, -0.2) is 11.8 Å². The summed E-state index contributed by atoms with van der Waals surface area (Å²) in [4.78, 5) is 23.5. The molecule has 0 aliphatic heterocycles. The highest BCUT2D eigenvalue weighted by atomic mass is 35.5. The number of rotatable bonds is 6. The molecule has 0 saturated carbocycles. The van der Waals surface area contributed by atoms with Crippen molar-refractivity contribution in [1.82, 2.24) is 10.6 Å². The molecule has 0 aliphatic carbocycles. The zero-order valence-corrected chi connectivity index (χ0v) is 13.7. The Labute approximate surface area is 140 Å². The van der Waals surface area contributed by atoms with Crippen molar-refractivity contribution in [2.75, 3.05) is 0 Å². The maximum Gasteiger partial charge on any atom is 0.229 e. The second kappa shape index (κ2) is 8.34. The molecule has 2 amide bonds. The Bertz CT molecular complexity index is 607. The largest absolute Gasteiger partial charge is 0.352 e. The highest BCUT2D eigenvalue weighted by Crippen LogP contribution is 2.09. The van der Waals surface area contributed by atoms with E-state index in [0.717, 1.165) is 11.1 Å². The molecular formula is C18H19ClN2O2. The van der Waals surface area contributed by atoms with E-state index in [2.05, 4.69) is 10.6 Å². The maximum atomic E-state index is 11.8. The molecule has 0 aliphatic rings. The predicted molar refractivity (Wildman–Crippen MR) is 90.9 cm³/mol. The van der Waals surface area contributed by atoms with Gasteiger partial charge in [0, 0.05) is 18.1 Å². The molecule has 0 radical (unpaired) electrons. The second-order valence-corrected chi connectivity index (χ2v) is 5.78. The van der Waals surface area contributed by atoms with Crippen LogP contribution in [0.3, 0.4) is 0 Å². The summed E-state index contributed by atoms with van der Waals surface area (Å²) in [6, 6.07) is 15.1. The Morgan fingerprint density at radius 2 is 1.26 bits per heavy atom. The van der Waals surface area contributed by atoms with Crippen molar-refractivity contribution in [1.29, 1.82) is 0 Å². The number of hydrogen-bond acceptors (Lipinski definition) is 2. The van der Waals surface area contributed by atoms with Gasteiger partial charge in [0.1, 0.15) is 6.42 Å². The molecule has 120 valence electrons. The van der Waals surface area contributed by atoms with E-state index in [1.807, 2.05) is 43.3 Å². The summed E-state index contributed by atoms with van der Waals surface area (Å²) >= 11 is 5.80. The average molecular weight is 331 g/mol. The molecule has 2 aromatic carbocycles. The van der Waals surface area contributed by atoms with Crippen molar-refractivity contribution >= 4 is 23.4 Å². The van der Waals surface area contributed by atoms with Gasteiger partial charge in [-0.15, -0.1) is 0 Å². The van der Waals surface area contributed by atoms with E-state index in [1.165, 1.54) is 5.56 Å². The molecule has 0 unspecified atom stereocenters. The molecule has 2 rings (SSSR count). The molecular weight excluding hydrogens is 312 g/mol. The van der Waals surface area contributed by atoms with E-state index in [9.17, 15) is 9.59 Å². The van der Waals surface area contributed by atoms with Gasteiger partial charge < -0.3 is 10.6 Å². The third-order valence-corrected chi connectivity index (χ3v) is 3.59. The van der Waals surface area contributed by atoms with Gasteiger partial charge in [-0.1, -0.05) is 53.6 Å². The van der Waals surface area contributed by atoms with Crippen molar-refractivity contribution in [2.24, 2.45) is 0 Å². The van der Waals surface area contributed by atoms with Gasteiger partial charge in [-0.25, -0.2) is 0 Å². The number of benzene rings is 2.